The lowest BCUT2D eigenvalue weighted by molar-refractivity contribution is 0.104. The monoisotopic (exact) mass is 471 g/mol. The molecule has 2 N–H and O–H groups in total. The Bertz CT molecular complexity index is 968. The third-order valence-corrected chi connectivity index (χ3v) is 6.46. The van der Waals surface area contributed by atoms with Gasteiger partial charge in [-0.25, -0.2) is 4.99 Å². The van der Waals surface area contributed by atoms with Gasteiger partial charge in [0, 0.05) is 23.2 Å². The number of hydrogen-bond acceptors (Lipinski definition) is 4. The molecule has 1 heterocycles. The molecule has 0 aliphatic carbocycles. The molecule has 138 valence electrons. The minimum atomic E-state index is -0.470. The minimum absolute atomic E-state index is 0.0299. The molecule has 2 aromatic carbocycles. The van der Waals surface area contributed by atoms with Crippen molar-refractivity contribution in [3.63, 3.8) is 0 Å². The van der Waals surface area contributed by atoms with Crippen LogP contribution < -0.4 is 10.6 Å². The van der Waals surface area contributed by atoms with E-state index in [2.05, 4.69) is 22.5 Å². The Morgan fingerprint density at radius 2 is 1.74 bits per heavy atom. The van der Waals surface area contributed by atoms with Gasteiger partial charge in [-0.2, -0.15) is 0 Å². The molecule has 0 spiro atoms. The topological polar surface area (TPSA) is 53.5 Å². The van der Waals surface area contributed by atoms with Crippen molar-refractivity contribution in [3.05, 3.63) is 81.1 Å². The largest absolute Gasteiger partial charge is 0.350 e. The average Bonchev–Trinajstić information content (AvgIpc) is 2.65. The predicted octanol–water partition coefficient (Wildman–Crippen LogP) is 5.73. The molecule has 0 unspecified atom stereocenters. The van der Waals surface area contributed by atoms with Gasteiger partial charge in [-0.1, -0.05) is 35.9 Å². The molecule has 0 radical (unpaired) electrons. The molecule has 5 heteroatoms. The molecule has 0 saturated carbocycles. The summed E-state index contributed by atoms with van der Waals surface area (Å²) >= 11 is -0.470. The number of rotatable bonds is 6. The average molecular weight is 471 g/mol. The second-order valence-electron chi connectivity index (χ2n) is 6.42. The van der Waals surface area contributed by atoms with E-state index in [0.717, 1.165) is 26.3 Å². The first-order chi connectivity index (χ1) is 13.0. The van der Waals surface area contributed by atoms with Crippen LogP contribution in [0.3, 0.4) is 0 Å². The minimum Gasteiger partial charge on any atom is -0.350 e. The number of anilines is 2. The van der Waals surface area contributed by atoms with Gasteiger partial charge in [-0.05, 0) is 77.4 Å². The zero-order valence-corrected chi connectivity index (χ0v) is 17.7. The summed E-state index contributed by atoms with van der Waals surface area (Å²) in [5.74, 6) is 0.0299. The van der Waals surface area contributed by atoms with Crippen LogP contribution in [0.15, 0.2) is 80.5 Å². The zero-order valence-electron chi connectivity index (χ0n) is 15.6. The van der Waals surface area contributed by atoms with Crippen LogP contribution in [0.2, 0.25) is 0 Å². The Labute approximate surface area is 169 Å². The molecule has 1 aliphatic heterocycles. The number of carbonyl (C=O) groups excluding carboxylic acids is 1. The van der Waals surface area contributed by atoms with Crippen molar-refractivity contribution in [2.24, 2.45) is 4.99 Å². The summed E-state index contributed by atoms with van der Waals surface area (Å²) in [6, 6.07) is 17.7. The van der Waals surface area contributed by atoms with Crippen LogP contribution in [-0.2, 0) is 0 Å². The standard InChI is InChI=1S/C22H22IN3O/c1-15(2)12-20(27)17-8-7-11-19(13-17)25-21-16(3)14-24-22(23-21)26-18-9-5-4-6-10-18/h4-14,25H,1-3H3,(H,24,26). The molecular weight excluding hydrogens is 449 g/mol. The zero-order chi connectivity index (χ0) is 19.2. The molecule has 4 nitrogen and oxygen atoms in total. The van der Waals surface area contributed by atoms with Gasteiger partial charge >= 0.3 is 0 Å². The smallest absolute Gasteiger partial charge is 0.185 e. The number of aliphatic imine (C=N–C) groups is 1. The fraction of sp³-hybridized carbons (Fsp3) is 0.136. The lowest BCUT2D eigenvalue weighted by Crippen LogP contribution is -2.12. The number of ketones is 1. The first-order valence-electron chi connectivity index (χ1n) is 8.66. The number of benzene rings is 2. The first-order valence-corrected chi connectivity index (χ1v) is 10.8. The van der Waals surface area contributed by atoms with Crippen molar-refractivity contribution in [2.45, 2.75) is 20.8 Å². The van der Waals surface area contributed by atoms with Crippen LogP contribution in [0.25, 0.3) is 0 Å². The van der Waals surface area contributed by atoms with Gasteiger partial charge < -0.3 is 10.6 Å². The normalized spacial score (nSPS) is 13.4. The highest BCUT2D eigenvalue weighted by atomic mass is 127. The van der Waals surface area contributed by atoms with Gasteiger partial charge in [0.25, 0.3) is 0 Å². The second kappa shape index (κ2) is 8.90. The van der Waals surface area contributed by atoms with Crippen molar-refractivity contribution in [2.75, 3.05) is 10.6 Å². The first kappa shape index (κ1) is 19.2. The predicted molar refractivity (Wildman–Crippen MR) is 124 cm³/mol. The molecule has 0 fully saturated rings. The highest BCUT2D eigenvalue weighted by Gasteiger charge is 2.10. The van der Waals surface area contributed by atoms with E-state index in [0.29, 0.717) is 5.56 Å². The maximum atomic E-state index is 12.3. The summed E-state index contributed by atoms with van der Waals surface area (Å²) in [4.78, 5) is 16.8. The van der Waals surface area contributed by atoms with Gasteiger partial charge in [0.1, 0.15) is 0 Å². The maximum Gasteiger partial charge on any atom is 0.185 e. The van der Waals surface area contributed by atoms with Crippen LogP contribution in [0.5, 0.6) is 0 Å². The quantitative estimate of drug-likeness (QED) is 0.245. The number of para-hydroxylation sites is 1. The lowest BCUT2D eigenvalue weighted by atomic mass is 10.1. The lowest BCUT2D eigenvalue weighted by Gasteiger charge is -2.15. The van der Waals surface area contributed by atoms with E-state index in [1.807, 2.05) is 74.7 Å². The van der Waals surface area contributed by atoms with E-state index >= 15 is 0 Å². The van der Waals surface area contributed by atoms with Crippen molar-refractivity contribution >= 4 is 47.9 Å². The molecule has 3 rings (SSSR count). The number of hydrogen-bond donors (Lipinski definition) is 2. The summed E-state index contributed by atoms with van der Waals surface area (Å²) in [5, 5.41) is 6.90. The number of nitrogens with one attached hydrogen (secondary N) is 2. The van der Waals surface area contributed by atoms with Crippen molar-refractivity contribution in [1.29, 1.82) is 0 Å². The van der Waals surface area contributed by atoms with Crippen molar-refractivity contribution < 1.29 is 4.79 Å². The van der Waals surface area contributed by atoms with E-state index in [-0.39, 0.29) is 5.78 Å². The van der Waals surface area contributed by atoms with E-state index < -0.39 is 20.7 Å². The molecule has 0 aromatic heterocycles. The van der Waals surface area contributed by atoms with Crippen molar-refractivity contribution in [1.82, 2.24) is 0 Å². The van der Waals surface area contributed by atoms with E-state index in [1.165, 1.54) is 3.70 Å². The fourth-order valence-corrected chi connectivity index (χ4v) is 4.69. The van der Waals surface area contributed by atoms with Gasteiger partial charge in [-0.15, -0.1) is 0 Å². The van der Waals surface area contributed by atoms with Gasteiger partial charge in [0.05, 0.1) is 3.70 Å². The second-order valence-corrected chi connectivity index (χ2v) is 9.06. The van der Waals surface area contributed by atoms with E-state index in [4.69, 9.17) is 0 Å². The molecule has 2 aromatic rings. The number of nitrogens with zero attached hydrogens (tertiary/aromatic N) is 1. The van der Waals surface area contributed by atoms with Gasteiger partial charge in [0.2, 0.25) is 0 Å². The SMILES string of the molecule is CC(C)=CC(=O)c1cccc(NC2=C(C)C=NC(Nc3ccccc3)=I2)c1. The Morgan fingerprint density at radius 3 is 2.48 bits per heavy atom. The molecule has 0 amide bonds. The third-order valence-electron chi connectivity index (χ3n) is 3.74. The van der Waals surface area contributed by atoms with Crippen LogP contribution >= 0.6 is 20.7 Å². The Balaban J connectivity index is 1.79. The van der Waals surface area contributed by atoms with Crippen LogP contribution in [0, 0.1) is 0 Å². The van der Waals surface area contributed by atoms with Crippen LogP contribution in [0.1, 0.15) is 31.1 Å². The summed E-state index contributed by atoms with van der Waals surface area (Å²) < 4.78 is 2.17. The maximum absolute atomic E-state index is 12.3. The van der Waals surface area contributed by atoms with Crippen LogP contribution in [-0.4, -0.2) is 15.8 Å². The Morgan fingerprint density at radius 1 is 1.00 bits per heavy atom. The molecule has 0 bridgehead atoms. The van der Waals surface area contributed by atoms with E-state index in [1.54, 1.807) is 6.08 Å². The molecule has 0 saturated heterocycles. The van der Waals surface area contributed by atoms with Crippen molar-refractivity contribution in [3.8, 4) is 0 Å². The van der Waals surface area contributed by atoms with Crippen LogP contribution in [0.4, 0.5) is 11.4 Å². The Hall–Kier alpha value is -2.54. The summed E-state index contributed by atoms with van der Waals surface area (Å²) in [5.41, 5.74) is 4.78. The highest BCUT2D eigenvalue weighted by Crippen LogP contribution is 2.27. The Kier molecular flexibility index (Phi) is 6.34. The van der Waals surface area contributed by atoms with E-state index in [9.17, 15) is 4.79 Å². The molecule has 27 heavy (non-hydrogen) atoms. The van der Waals surface area contributed by atoms with Gasteiger partial charge in [-0.3, -0.25) is 4.79 Å². The molecular formula is C22H22IN3O. The number of carbonyl (C=O) groups is 1. The molecule has 0 atom stereocenters. The summed E-state index contributed by atoms with van der Waals surface area (Å²) in [7, 11) is 0. The third kappa shape index (κ3) is 5.47. The summed E-state index contributed by atoms with van der Waals surface area (Å²) in [6.45, 7) is 5.91. The number of halogens is 1. The molecule has 1 aliphatic rings. The fourth-order valence-electron chi connectivity index (χ4n) is 2.44. The highest BCUT2D eigenvalue weighted by molar-refractivity contribution is 14.2. The number of allylic oxidation sites excluding steroid dienone is 3. The van der Waals surface area contributed by atoms with Gasteiger partial charge in [0.15, 0.2) is 9.54 Å². The summed E-state index contributed by atoms with van der Waals surface area (Å²) in [6.07, 6.45) is 3.55.